The van der Waals surface area contributed by atoms with E-state index in [1.54, 1.807) is 0 Å². The normalized spacial score (nSPS) is 29.1. The van der Waals surface area contributed by atoms with Crippen molar-refractivity contribution in [2.75, 3.05) is 0 Å². The average molecular weight is 200 g/mol. The molecule has 0 bridgehead atoms. The predicted octanol–water partition coefficient (Wildman–Crippen LogP) is 2.75. The van der Waals surface area contributed by atoms with Crippen molar-refractivity contribution in [3.05, 3.63) is 11.1 Å². The first-order valence-corrected chi connectivity index (χ1v) is 5.23. The maximum absolute atomic E-state index is 5.67. The van der Waals surface area contributed by atoms with Crippen LogP contribution in [0.15, 0.2) is 0 Å². The van der Waals surface area contributed by atoms with Crippen LogP contribution in [0.5, 0.6) is 0 Å². The highest BCUT2D eigenvalue weighted by Crippen LogP contribution is 2.35. The molecule has 0 radical (unpaired) electrons. The van der Waals surface area contributed by atoms with Crippen LogP contribution < -0.4 is 0 Å². The van der Waals surface area contributed by atoms with Gasteiger partial charge >= 0.3 is 0 Å². The molecule has 1 fully saturated rings. The Labute approximate surface area is 82.9 Å². The summed E-state index contributed by atoms with van der Waals surface area (Å²) in [5.74, 6) is 2.21. The highest BCUT2D eigenvalue weighted by atomic mass is 35.5. The van der Waals surface area contributed by atoms with E-state index in [-0.39, 0.29) is 0 Å². The topological polar surface area (TPSA) is 41.6 Å². The van der Waals surface area contributed by atoms with Gasteiger partial charge in [-0.1, -0.05) is 26.2 Å². The van der Waals surface area contributed by atoms with Gasteiger partial charge in [0.15, 0.2) is 0 Å². The summed E-state index contributed by atoms with van der Waals surface area (Å²) in [6.45, 7) is 2.28. The second kappa shape index (κ2) is 3.66. The number of aromatic nitrogens is 3. The first-order chi connectivity index (χ1) is 6.27. The number of H-pyrrole nitrogens is 1. The third-order valence-corrected chi connectivity index (χ3v) is 3.11. The van der Waals surface area contributed by atoms with Crippen LogP contribution in [0.2, 0.25) is 5.28 Å². The third kappa shape index (κ3) is 1.85. The zero-order chi connectivity index (χ0) is 9.26. The molecule has 2 atom stereocenters. The standard InChI is InChI=1S/C9H14ClN3/c1-6-4-2-3-5-7(6)8-11-9(10)13-12-8/h6-7H,2-5H2,1H3,(H,11,12,13). The third-order valence-electron chi connectivity index (χ3n) is 2.94. The maximum Gasteiger partial charge on any atom is 0.242 e. The monoisotopic (exact) mass is 199 g/mol. The van der Waals surface area contributed by atoms with Crippen molar-refractivity contribution in [2.24, 2.45) is 5.92 Å². The van der Waals surface area contributed by atoms with Gasteiger partial charge in [0.25, 0.3) is 0 Å². The fraction of sp³-hybridized carbons (Fsp3) is 0.778. The van der Waals surface area contributed by atoms with E-state index in [1.165, 1.54) is 25.7 Å². The predicted molar refractivity (Wildman–Crippen MR) is 51.8 cm³/mol. The lowest BCUT2D eigenvalue weighted by atomic mass is 9.80. The Morgan fingerprint density at radius 3 is 2.77 bits per heavy atom. The molecule has 0 amide bonds. The van der Waals surface area contributed by atoms with Crippen LogP contribution in [0.3, 0.4) is 0 Å². The lowest BCUT2D eigenvalue weighted by molar-refractivity contribution is 0.320. The summed E-state index contributed by atoms with van der Waals surface area (Å²) in [6.07, 6.45) is 5.16. The van der Waals surface area contributed by atoms with E-state index in [0.717, 1.165) is 5.82 Å². The van der Waals surface area contributed by atoms with Gasteiger partial charge in [-0.3, -0.25) is 5.10 Å². The number of aromatic amines is 1. The minimum absolute atomic E-state index is 0.341. The summed E-state index contributed by atoms with van der Waals surface area (Å²) < 4.78 is 0. The Bertz CT molecular complexity index is 284. The van der Waals surface area contributed by atoms with Gasteiger partial charge in [0.05, 0.1) is 0 Å². The molecule has 0 saturated heterocycles. The first kappa shape index (κ1) is 9.00. The zero-order valence-corrected chi connectivity index (χ0v) is 8.51. The molecule has 2 unspecified atom stereocenters. The second-order valence-electron chi connectivity index (χ2n) is 3.86. The SMILES string of the molecule is CC1CCCCC1c1nc(Cl)n[nH]1. The summed E-state index contributed by atoms with van der Waals surface area (Å²) in [7, 11) is 0. The van der Waals surface area contributed by atoms with Gasteiger partial charge in [-0.15, -0.1) is 5.10 Å². The van der Waals surface area contributed by atoms with Gasteiger partial charge in [0, 0.05) is 5.92 Å². The van der Waals surface area contributed by atoms with E-state index in [4.69, 9.17) is 11.6 Å². The van der Waals surface area contributed by atoms with Gasteiger partial charge in [-0.05, 0) is 23.9 Å². The molecule has 0 aliphatic heterocycles. The van der Waals surface area contributed by atoms with E-state index in [1.807, 2.05) is 0 Å². The quantitative estimate of drug-likeness (QED) is 0.756. The van der Waals surface area contributed by atoms with Gasteiger partial charge in [0.1, 0.15) is 5.82 Å². The molecule has 0 aromatic carbocycles. The first-order valence-electron chi connectivity index (χ1n) is 4.85. The Balaban J connectivity index is 2.14. The van der Waals surface area contributed by atoms with Crippen molar-refractivity contribution in [2.45, 2.75) is 38.5 Å². The van der Waals surface area contributed by atoms with Crippen molar-refractivity contribution < 1.29 is 0 Å². The largest absolute Gasteiger partial charge is 0.262 e. The van der Waals surface area contributed by atoms with Gasteiger partial charge in [-0.2, -0.15) is 0 Å². The summed E-state index contributed by atoms with van der Waals surface area (Å²) in [6, 6.07) is 0. The molecule has 1 heterocycles. The Morgan fingerprint density at radius 2 is 2.15 bits per heavy atom. The van der Waals surface area contributed by atoms with Crippen molar-refractivity contribution in [1.29, 1.82) is 0 Å². The fourth-order valence-corrected chi connectivity index (χ4v) is 2.27. The maximum atomic E-state index is 5.67. The summed E-state index contributed by atoms with van der Waals surface area (Å²) in [5.41, 5.74) is 0. The highest BCUT2D eigenvalue weighted by Gasteiger charge is 2.25. The van der Waals surface area contributed by atoms with Crippen LogP contribution in [-0.2, 0) is 0 Å². The summed E-state index contributed by atoms with van der Waals surface area (Å²) in [4.78, 5) is 4.18. The molecule has 1 aliphatic rings. The Morgan fingerprint density at radius 1 is 1.38 bits per heavy atom. The van der Waals surface area contributed by atoms with E-state index < -0.39 is 0 Å². The number of hydrogen-bond donors (Lipinski definition) is 1. The van der Waals surface area contributed by atoms with E-state index in [2.05, 4.69) is 22.1 Å². The van der Waals surface area contributed by atoms with Crippen LogP contribution in [0, 0.1) is 5.92 Å². The van der Waals surface area contributed by atoms with Crippen molar-refractivity contribution in [3.63, 3.8) is 0 Å². The zero-order valence-electron chi connectivity index (χ0n) is 7.76. The molecule has 1 aromatic heterocycles. The average Bonchev–Trinajstić information content (AvgIpc) is 2.53. The molecule has 2 rings (SSSR count). The molecule has 1 saturated carbocycles. The minimum atomic E-state index is 0.341. The molecule has 72 valence electrons. The summed E-state index contributed by atoms with van der Waals surface area (Å²) in [5, 5.41) is 7.11. The molecule has 1 aliphatic carbocycles. The smallest absolute Gasteiger partial charge is 0.242 e. The molecular weight excluding hydrogens is 186 g/mol. The van der Waals surface area contributed by atoms with Gasteiger partial charge < -0.3 is 0 Å². The molecular formula is C9H14ClN3. The van der Waals surface area contributed by atoms with Gasteiger partial charge in [0.2, 0.25) is 5.28 Å². The Hall–Kier alpha value is -0.570. The molecule has 4 heteroatoms. The molecule has 13 heavy (non-hydrogen) atoms. The second-order valence-corrected chi connectivity index (χ2v) is 4.20. The van der Waals surface area contributed by atoms with Crippen LogP contribution in [0.25, 0.3) is 0 Å². The van der Waals surface area contributed by atoms with Gasteiger partial charge in [-0.25, -0.2) is 4.98 Å². The lowest BCUT2D eigenvalue weighted by Crippen LogP contribution is -2.16. The van der Waals surface area contributed by atoms with Crippen LogP contribution in [-0.4, -0.2) is 15.2 Å². The van der Waals surface area contributed by atoms with Crippen molar-refractivity contribution >= 4 is 11.6 Å². The Kier molecular flexibility index (Phi) is 2.54. The number of hydrogen-bond acceptors (Lipinski definition) is 2. The van der Waals surface area contributed by atoms with E-state index >= 15 is 0 Å². The minimum Gasteiger partial charge on any atom is -0.262 e. The molecule has 0 spiro atoms. The summed E-state index contributed by atoms with van der Waals surface area (Å²) >= 11 is 5.67. The van der Waals surface area contributed by atoms with E-state index in [9.17, 15) is 0 Å². The molecule has 1 aromatic rings. The van der Waals surface area contributed by atoms with Crippen LogP contribution in [0.1, 0.15) is 44.3 Å². The fourth-order valence-electron chi connectivity index (χ4n) is 2.14. The lowest BCUT2D eigenvalue weighted by Gasteiger charge is -2.26. The molecule has 3 nitrogen and oxygen atoms in total. The number of halogens is 1. The molecule has 1 N–H and O–H groups in total. The highest BCUT2D eigenvalue weighted by molar-refractivity contribution is 6.28. The van der Waals surface area contributed by atoms with E-state index in [0.29, 0.717) is 17.1 Å². The number of nitrogens with zero attached hydrogens (tertiary/aromatic N) is 2. The van der Waals surface area contributed by atoms with Crippen LogP contribution in [0.4, 0.5) is 0 Å². The van der Waals surface area contributed by atoms with Crippen LogP contribution >= 0.6 is 11.6 Å². The van der Waals surface area contributed by atoms with Crippen molar-refractivity contribution in [3.8, 4) is 0 Å². The number of rotatable bonds is 1. The number of nitrogens with one attached hydrogen (secondary N) is 1. The van der Waals surface area contributed by atoms with Crippen molar-refractivity contribution in [1.82, 2.24) is 15.2 Å².